The molecule has 0 bridgehead atoms. The highest BCUT2D eigenvalue weighted by Crippen LogP contribution is 2.60. The first-order chi connectivity index (χ1) is 18.7. The number of carbonyl (C=O) groups is 2. The van der Waals surface area contributed by atoms with Gasteiger partial charge in [0.15, 0.2) is 5.41 Å². The van der Waals surface area contributed by atoms with Gasteiger partial charge in [-0.25, -0.2) is 4.79 Å². The van der Waals surface area contributed by atoms with E-state index in [1.165, 1.54) is 0 Å². The first-order valence-electron chi connectivity index (χ1n) is 12.2. The van der Waals surface area contributed by atoms with Crippen LogP contribution in [0.15, 0.2) is 0 Å². The van der Waals surface area contributed by atoms with Gasteiger partial charge in [0, 0.05) is 11.8 Å². The van der Waals surface area contributed by atoms with E-state index < -0.39 is 109 Å². The standard InChI is InChI=1S/C23H27F15O5/c1-6-16(5,19(24,25)26)13(39)41-17(20(27,28)29,21(30,31)32)11-7-9-12(10-8-11)18(22(33,34)35,23(36,37)38)43-14(40)42-15(2,3)4/h11-12H,6-10H2,1-5H3. The van der Waals surface area contributed by atoms with Gasteiger partial charge in [-0.05, 0) is 59.8 Å². The summed E-state index contributed by atoms with van der Waals surface area (Å²) in [5.41, 5.74) is -16.8. The fourth-order valence-electron chi connectivity index (χ4n) is 4.67. The predicted octanol–water partition coefficient (Wildman–Crippen LogP) is 8.99. The average molecular weight is 668 g/mol. The van der Waals surface area contributed by atoms with Crippen LogP contribution in [0.2, 0.25) is 0 Å². The molecule has 43 heavy (non-hydrogen) atoms. The summed E-state index contributed by atoms with van der Waals surface area (Å²) in [6.45, 7) is 3.64. The number of hydrogen-bond acceptors (Lipinski definition) is 5. The van der Waals surface area contributed by atoms with Crippen molar-refractivity contribution in [2.24, 2.45) is 17.3 Å². The Labute approximate surface area is 234 Å². The second-order valence-corrected chi connectivity index (χ2v) is 11.2. The summed E-state index contributed by atoms with van der Waals surface area (Å²) in [6, 6.07) is 0. The molecule has 0 radical (unpaired) electrons. The molecule has 0 saturated heterocycles. The largest absolute Gasteiger partial charge is 0.510 e. The van der Waals surface area contributed by atoms with Crippen molar-refractivity contribution < 1.29 is 89.7 Å². The zero-order chi connectivity index (χ0) is 34.5. The summed E-state index contributed by atoms with van der Waals surface area (Å²) >= 11 is 0. The molecule has 5 nitrogen and oxygen atoms in total. The second kappa shape index (κ2) is 11.6. The van der Waals surface area contributed by atoms with Gasteiger partial charge < -0.3 is 14.2 Å². The Morgan fingerprint density at radius 2 is 0.837 bits per heavy atom. The molecule has 0 aromatic carbocycles. The number of rotatable bonds is 6. The Kier molecular flexibility index (Phi) is 10.4. The lowest BCUT2D eigenvalue weighted by Gasteiger charge is -2.48. The highest BCUT2D eigenvalue weighted by molar-refractivity contribution is 5.78. The van der Waals surface area contributed by atoms with Crippen molar-refractivity contribution in [3.05, 3.63) is 0 Å². The third-order valence-corrected chi connectivity index (χ3v) is 7.23. The highest BCUT2D eigenvalue weighted by Gasteiger charge is 2.81. The molecule has 0 spiro atoms. The van der Waals surface area contributed by atoms with Crippen LogP contribution in [-0.2, 0) is 19.0 Å². The SMILES string of the molecule is CCC(C)(C(=O)OC(C1CCC(C(OC(=O)OC(C)(C)C)(C(F)(F)F)C(F)(F)F)CC1)(C(F)(F)F)C(F)(F)F)C(F)(F)F. The van der Waals surface area contributed by atoms with Crippen LogP contribution in [0.3, 0.4) is 0 Å². The molecule has 1 aliphatic rings. The van der Waals surface area contributed by atoms with Crippen molar-refractivity contribution in [3.8, 4) is 0 Å². The van der Waals surface area contributed by atoms with Gasteiger partial charge in [0.25, 0.3) is 0 Å². The molecule has 0 amide bonds. The number of esters is 1. The van der Waals surface area contributed by atoms with Gasteiger partial charge in [-0.15, -0.1) is 0 Å². The summed E-state index contributed by atoms with van der Waals surface area (Å²) in [5.74, 6) is -9.25. The van der Waals surface area contributed by atoms with E-state index in [9.17, 15) is 75.4 Å². The average Bonchev–Trinajstić information content (AvgIpc) is 2.75. The molecule has 20 heteroatoms. The maximum Gasteiger partial charge on any atom is 0.510 e. The minimum atomic E-state index is -6.74. The van der Waals surface area contributed by atoms with Crippen molar-refractivity contribution in [2.75, 3.05) is 0 Å². The molecule has 1 rings (SSSR count). The van der Waals surface area contributed by atoms with Crippen molar-refractivity contribution in [1.82, 2.24) is 0 Å². The van der Waals surface area contributed by atoms with Crippen molar-refractivity contribution >= 4 is 12.1 Å². The van der Waals surface area contributed by atoms with E-state index >= 15 is 0 Å². The minimum absolute atomic E-state index is 0.0429. The fraction of sp³-hybridized carbons (Fsp3) is 0.913. The molecule has 0 N–H and O–H groups in total. The molecular formula is C23H27F15O5. The lowest BCUT2D eigenvalue weighted by atomic mass is 9.67. The maximum atomic E-state index is 14.1. The quantitative estimate of drug-likeness (QED) is 0.209. The molecular weight excluding hydrogens is 641 g/mol. The number of halogens is 15. The molecule has 1 fully saturated rings. The first-order valence-corrected chi connectivity index (χ1v) is 12.2. The molecule has 0 heterocycles. The van der Waals surface area contributed by atoms with E-state index in [4.69, 9.17) is 0 Å². The Morgan fingerprint density at radius 3 is 1.07 bits per heavy atom. The van der Waals surface area contributed by atoms with E-state index in [1.54, 1.807) is 0 Å². The molecule has 1 saturated carbocycles. The van der Waals surface area contributed by atoms with Crippen molar-refractivity contribution in [1.29, 1.82) is 0 Å². The van der Waals surface area contributed by atoms with Gasteiger partial charge in [0.05, 0.1) is 0 Å². The summed E-state index contributed by atoms with van der Waals surface area (Å²) in [7, 11) is 0. The molecule has 1 unspecified atom stereocenters. The zero-order valence-corrected chi connectivity index (χ0v) is 22.9. The molecule has 0 aliphatic heterocycles. The lowest BCUT2D eigenvalue weighted by Crippen LogP contribution is -2.68. The fourth-order valence-corrected chi connectivity index (χ4v) is 4.67. The van der Waals surface area contributed by atoms with Crippen LogP contribution >= 0.6 is 0 Å². The van der Waals surface area contributed by atoms with Crippen LogP contribution in [0, 0.1) is 17.3 Å². The van der Waals surface area contributed by atoms with Gasteiger partial charge >= 0.3 is 54.2 Å². The van der Waals surface area contributed by atoms with E-state index in [0.717, 1.165) is 20.8 Å². The number of alkyl halides is 15. The van der Waals surface area contributed by atoms with Gasteiger partial charge in [-0.1, -0.05) is 6.92 Å². The summed E-state index contributed by atoms with van der Waals surface area (Å²) in [6.07, 6.45) is -43.4. The lowest BCUT2D eigenvalue weighted by molar-refractivity contribution is -0.401. The van der Waals surface area contributed by atoms with E-state index in [0.29, 0.717) is 6.92 Å². The topological polar surface area (TPSA) is 61.8 Å². The predicted molar refractivity (Wildman–Crippen MR) is 113 cm³/mol. The molecule has 1 aliphatic carbocycles. The molecule has 0 aromatic rings. The van der Waals surface area contributed by atoms with Gasteiger partial charge in [0.1, 0.15) is 5.60 Å². The van der Waals surface area contributed by atoms with Crippen LogP contribution in [0.4, 0.5) is 70.7 Å². The Bertz CT molecular complexity index is 966. The smallest absolute Gasteiger partial charge is 0.438 e. The third-order valence-electron chi connectivity index (χ3n) is 7.23. The van der Waals surface area contributed by atoms with E-state index in [-0.39, 0.29) is 6.92 Å². The van der Waals surface area contributed by atoms with E-state index in [1.807, 2.05) is 0 Å². The first kappa shape index (κ1) is 38.7. The van der Waals surface area contributed by atoms with Crippen molar-refractivity contribution in [2.45, 2.75) is 114 Å². The monoisotopic (exact) mass is 668 g/mol. The Hall–Kier alpha value is -2.31. The molecule has 0 aromatic heterocycles. The van der Waals surface area contributed by atoms with E-state index in [2.05, 4.69) is 14.2 Å². The summed E-state index contributed by atoms with van der Waals surface area (Å²) in [4.78, 5) is 24.2. The number of hydrogen-bond donors (Lipinski definition) is 0. The summed E-state index contributed by atoms with van der Waals surface area (Å²) in [5, 5.41) is 0. The van der Waals surface area contributed by atoms with Gasteiger partial charge in [-0.3, -0.25) is 4.79 Å². The Balaban J connectivity index is 3.70. The van der Waals surface area contributed by atoms with Crippen LogP contribution < -0.4 is 0 Å². The summed E-state index contributed by atoms with van der Waals surface area (Å²) < 4.78 is 221. The second-order valence-electron chi connectivity index (χ2n) is 11.2. The molecule has 1 atom stereocenters. The van der Waals surface area contributed by atoms with Crippen LogP contribution in [0.1, 0.15) is 66.7 Å². The number of carbonyl (C=O) groups excluding carboxylic acids is 2. The van der Waals surface area contributed by atoms with Crippen LogP contribution in [0.25, 0.3) is 0 Å². The zero-order valence-electron chi connectivity index (χ0n) is 22.9. The minimum Gasteiger partial charge on any atom is -0.438 e. The van der Waals surface area contributed by atoms with Crippen molar-refractivity contribution in [3.63, 3.8) is 0 Å². The van der Waals surface area contributed by atoms with Gasteiger partial charge in [0.2, 0.25) is 0 Å². The van der Waals surface area contributed by atoms with Crippen LogP contribution in [-0.4, -0.2) is 59.8 Å². The highest BCUT2D eigenvalue weighted by atomic mass is 19.4. The van der Waals surface area contributed by atoms with Crippen LogP contribution in [0.5, 0.6) is 0 Å². The third kappa shape index (κ3) is 7.17. The normalized spacial score (nSPS) is 21.6. The Morgan fingerprint density at radius 1 is 0.535 bits per heavy atom. The maximum absolute atomic E-state index is 14.1. The molecule has 254 valence electrons. The van der Waals surface area contributed by atoms with Gasteiger partial charge in [-0.2, -0.15) is 65.9 Å². The number of ether oxygens (including phenoxy) is 3.